The van der Waals surface area contributed by atoms with Gasteiger partial charge in [0.1, 0.15) is 5.75 Å². The number of benzene rings is 2. The molecule has 1 aromatic heterocycles. The van der Waals surface area contributed by atoms with Gasteiger partial charge in [-0.3, -0.25) is 9.69 Å². The van der Waals surface area contributed by atoms with Crippen molar-refractivity contribution in [1.82, 2.24) is 4.90 Å². The number of aromatic hydroxyl groups is 1. The number of carbonyl (C=O) groups excluding carboxylic acids is 1. The van der Waals surface area contributed by atoms with E-state index in [9.17, 15) is 9.90 Å². The molecule has 1 saturated heterocycles. The Morgan fingerprint density at radius 3 is 2.80 bits per heavy atom. The molecule has 0 bridgehead atoms. The van der Waals surface area contributed by atoms with Crippen molar-refractivity contribution >= 4 is 38.7 Å². The number of fused-ring (bicyclic) bond motifs is 2. The molecule has 1 fully saturated rings. The molecule has 2 aliphatic rings. The van der Waals surface area contributed by atoms with Crippen LogP contribution in [0.1, 0.15) is 24.0 Å². The molecule has 0 atom stereocenters. The fraction of sp³-hybridized carbons (Fsp3) is 0.375. The Balaban J connectivity index is 1.15. The monoisotopic (exact) mass is 421 g/mol. The van der Waals surface area contributed by atoms with Crippen molar-refractivity contribution in [3.63, 3.8) is 0 Å². The zero-order valence-electron chi connectivity index (χ0n) is 17.1. The lowest BCUT2D eigenvalue weighted by molar-refractivity contribution is -0.116. The van der Waals surface area contributed by atoms with Gasteiger partial charge in [-0.15, -0.1) is 11.3 Å². The third-order valence-electron chi connectivity index (χ3n) is 6.31. The molecule has 3 aromatic rings. The average Bonchev–Trinajstić information content (AvgIpc) is 3.24. The summed E-state index contributed by atoms with van der Waals surface area (Å²) < 4.78 is 1.36. The smallest absolute Gasteiger partial charge is 0.224 e. The minimum absolute atomic E-state index is 0.0650. The molecule has 0 unspecified atom stereocenters. The minimum Gasteiger partial charge on any atom is -0.508 e. The third kappa shape index (κ3) is 3.89. The van der Waals surface area contributed by atoms with E-state index in [4.69, 9.17) is 0 Å². The van der Waals surface area contributed by atoms with Crippen LogP contribution in [-0.4, -0.2) is 48.6 Å². The Labute approximate surface area is 180 Å². The number of aryl methyl sites for hydroxylation is 2. The van der Waals surface area contributed by atoms with E-state index < -0.39 is 0 Å². The van der Waals surface area contributed by atoms with Gasteiger partial charge in [-0.1, -0.05) is 6.07 Å². The lowest BCUT2D eigenvalue weighted by Gasteiger charge is -2.36. The van der Waals surface area contributed by atoms with Gasteiger partial charge in [-0.05, 0) is 72.6 Å². The zero-order chi connectivity index (χ0) is 20.5. The molecule has 30 heavy (non-hydrogen) atoms. The van der Waals surface area contributed by atoms with Crippen molar-refractivity contribution in [1.29, 1.82) is 0 Å². The first kappa shape index (κ1) is 19.4. The molecule has 0 aliphatic carbocycles. The van der Waals surface area contributed by atoms with Crippen molar-refractivity contribution in [2.24, 2.45) is 0 Å². The Morgan fingerprint density at radius 2 is 1.93 bits per heavy atom. The fourth-order valence-electron chi connectivity index (χ4n) is 4.62. The number of hydrogen-bond donors (Lipinski definition) is 2. The van der Waals surface area contributed by atoms with Gasteiger partial charge in [0.05, 0.1) is 0 Å². The maximum Gasteiger partial charge on any atom is 0.224 e. The second kappa shape index (κ2) is 8.28. The number of anilines is 2. The van der Waals surface area contributed by atoms with E-state index in [1.165, 1.54) is 15.8 Å². The van der Waals surface area contributed by atoms with Crippen LogP contribution >= 0.6 is 11.3 Å². The van der Waals surface area contributed by atoms with Gasteiger partial charge < -0.3 is 15.3 Å². The molecular formula is C24H27N3O2S. The van der Waals surface area contributed by atoms with Crippen LogP contribution in [0.4, 0.5) is 11.4 Å². The average molecular weight is 422 g/mol. The quantitative estimate of drug-likeness (QED) is 0.605. The third-order valence-corrected chi connectivity index (χ3v) is 7.19. The molecule has 0 radical (unpaired) electrons. The lowest BCUT2D eigenvalue weighted by atomic mass is 9.98. The summed E-state index contributed by atoms with van der Waals surface area (Å²) in [4.78, 5) is 16.7. The molecule has 2 N–H and O–H groups in total. The number of carbonyl (C=O) groups is 1. The predicted octanol–water partition coefficient (Wildman–Crippen LogP) is 4.25. The first-order valence-electron chi connectivity index (χ1n) is 10.8. The Bertz CT molecular complexity index is 1070. The highest BCUT2D eigenvalue weighted by Gasteiger charge is 2.20. The SMILES string of the molecule is O=C1CCc2cc(O)c(CCCN3CCN(c4cccc5sccc45)CC3)cc2N1. The summed E-state index contributed by atoms with van der Waals surface area (Å²) >= 11 is 1.80. The summed E-state index contributed by atoms with van der Waals surface area (Å²) in [5, 5.41) is 16.8. The number of rotatable bonds is 5. The number of phenolic OH excluding ortho intramolecular Hbond substituents is 1. The molecule has 2 aromatic carbocycles. The number of nitrogens with zero attached hydrogens (tertiary/aromatic N) is 2. The summed E-state index contributed by atoms with van der Waals surface area (Å²) in [5.41, 5.74) is 4.19. The molecule has 6 heteroatoms. The predicted molar refractivity (Wildman–Crippen MR) is 124 cm³/mol. The maximum absolute atomic E-state index is 11.6. The van der Waals surface area contributed by atoms with Crippen molar-refractivity contribution < 1.29 is 9.90 Å². The Morgan fingerprint density at radius 1 is 1.07 bits per heavy atom. The summed E-state index contributed by atoms with van der Waals surface area (Å²) in [7, 11) is 0. The zero-order valence-corrected chi connectivity index (χ0v) is 17.9. The highest BCUT2D eigenvalue weighted by atomic mass is 32.1. The number of hydrogen-bond acceptors (Lipinski definition) is 5. The molecule has 0 saturated carbocycles. The van der Waals surface area contributed by atoms with E-state index >= 15 is 0 Å². The van der Waals surface area contributed by atoms with Crippen LogP contribution in [0.3, 0.4) is 0 Å². The van der Waals surface area contributed by atoms with Gasteiger partial charge in [0.2, 0.25) is 5.91 Å². The van der Waals surface area contributed by atoms with E-state index in [1.54, 1.807) is 11.3 Å². The van der Waals surface area contributed by atoms with Crippen LogP contribution in [0.2, 0.25) is 0 Å². The lowest BCUT2D eigenvalue weighted by Crippen LogP contribution is -2.46. The second-order valence-corrected chi connectivity index (χ2v) is 9.18. The summed E-state index contributed by atoms with van der Waals surface area (Å²) in [6, 6.07) is 12.6. The molecule has 5 nitrogen and oxygen atoms in total. The number of phenols is 1. The van der Waals surface area contributed by atoms with Crippen LogP contribution in [0.5, 0.6) is 5.75 Å². The normalized spacial score (nSPS) is 17.2. The first-order chi connectivity index (χ1) is 14.7. The first-order valence-corrected chi connectivity index (χ1v) is 11.6. The minimum atomic E-state index is 0.0650. The van der Waals surface area contributed by atoms with Crippen molar-refractivity contribution in [2.75, 3.05) is 42.9 Å². The van der Waals surface area contributed by atoms with Crippen LogP contribution < -0.4 is 10.2 Å². The number of piperazine rings is 1. The molecule has 0 spiro atoms. The van der Waals surface area contributed by atoms with Crippen LogP contribution in [0, 0.1) is 0 Å². The van der Waals surface area contributed by atoms with E-state index in [1.807, 2.05) is 12.1 Å². The van der Waals surface area contributed by atoms with E-state index in [0.29, 0.717) is 18.6 Å². The number of thiophene rings is 1. The van der Waals surface area contributed by atoms with Crippen molar-refractivity contribution in [3.05, 3.63) is 52.9 Å². The van der Waals surface area contributed by atoms with Gasteiger partial charge in [0, 0.05) is 54.1 Å². The van der Waals surface area contributed by atoms with Gasteiger partial charge in [-0.25, -0.2) is 0 Å². The van der Waals surface area contributed by atoms with E-state index in [0.717, 1.165) is 62.4 Å². The van der Waals surface area contributed by atoms with Gasteiger partial charge in [0.15, 0.2) is 0 Å². The van der Waals surface area contributed by atoms with Crippen LogP contribution in [0.15, 0.2) is 41.8 Å². The Kier molecular flexibility index (Phi) is 5.35. The van der Waals surface area contributed by atoms with Gasteiger partial charge in [-0.2, -0.15) is 0 Å². The second-order valence-electron chi connectivity index (χ2n) is 8.23. The highest BCUT2D eigenvalue weighted by molar-refractivity contribution is 7.17. The molecule has 2 aliphatic heterocycles. The molecule has 156 valence electrons. The molecule has 3 heterocycles. The largest absolute Gasteiger partial charge is 0.508 e. The van der Waals surface area contributed by atoms with Crippen LogP contribution in [-0.2, 0) is 17.6 Å². The maximum atomic E-state index is 11.6. The number of amides is 1. The number of nitrogens with one attached hydrogen (secondary N) is 1. The summed E-state index contributed by atoms with van der Waals surface area (Å²) in [6.45, 7) is 5.25. The highest BCUT2D eigenvalue weighted by Crippen LogP contribution is 2.32. The standard InChI is InChI=1S/C24H27N3O2S/c28-22-16-17-6-7-24(29)25-20(17)15-18(22)3-2-9-26-10-12-27(13-11-26)21-4-1-5-23-19(21)8-14-30-23/h1,4-5,8,14-16,28H,2-3,6-7,9-13H2,(H,25,29). The van der Waals surface area contributed by atoms with Gasteiger partial charge >= 0.3 is 0 Å². The summed E-state index contributed by atoms with van der Waals surface area (Å²) in [5.74, 6) is 0.425. The topological polar surface area (TPSA) is 55.8 Å². The molecule has 5 rings (SSSR count). The van der Waals surface area contributed by atoms with Crippen LogP contribution in [0.25, 0.3) is 10.1 Å². The van der Waals surface area contributed by atoms with Crippen molar-refractivity contribution in [3.8, 4) is 5.75 Å². The van der Waals surface area contributed by atoms with Crippen molar-refractivity contribution in [2.45, 2.75) is 25.7 Å². The molecular weight excluding hydrogens is 394 g/mol. The fourth-order valence-corrected chi connectivity index (χ4v) is 5.43. The summed E-state index contributed by atoms with van der Waals surface area (Å²) in [6.07, 6.45) is 3.03. The van der Waals surface area contributed by atoms with Gasteiger partial charge in [0.25, 0.3) is 0 Å². The van der Waals surface area contributed by atoms with E-state index in [2.05, 4.69) is 44.8 Å². The Hall–Kier alpha value is -2.57. The molecule has 1 amide bonds. The van der Waals surface area contributed by atoms with E-state index in [-0.39, 0.29) is 5.91 Å².